The van der Waals surface area contributed by atoms with E-state index < -0.39 is 16.6 Å². The molecule has 0 amide bonds. The first-order valence-corrected chi connectivity index (χ1v) is 10.2. The maximum absolute atomic E-state index is 13.1. The van der Waals surface area contributed by atoms with Gasteiger partial charge in [0, 0.05) is 31.4 Å². The van der Waals surface area contributed by atoms with Gasteiger partial charge in [0.15, 0.2) is 0 Å². The van der Waals surface area contributed by atoms with Crippen LogP contribution in [-0.4, -0.2) is 48.2 Å². The molecule has 0 spiro atoms. The van der Waals surface area contributed by atoms with Crippen molar-refractivity contribution >= 4 is 15.7 Å². The number of piperazine rings is 1. The topological polar surface area (TPSA) is 58.4 Å². The smallest absolute Gasteiger partial charge is 0.333 e. The lowest BCUT2D eigenvalue weighted by atomic mass is 10.1. The van der Waals surface area contributed by atoms with Gasteiger partial charge in [-0.15, -0.1) is 0 Å². The van der Waals surface area contributed by atoms with E-state index in [0.29, 0.717) is 17.8 Å². The fourth-order valence-corrected chi connectivity index (χ4v) is 5.48. The number of aryl methyl sites for hydroxylation is 2. The first kappa shape index (κ1) is 19.8. The Balaban J connectivity index is 1.85. The second-order valence-corrected chi connectivity index (χ2v) is 8.84. The van der Waals surface area contributed by atoms with E-state index in [1.54, 1.807) is 0 Å². The Labute approximate surface area is 158 Å². The van der Waals surface area contributed by atoms with E-state index in [1.165, 1.54) is 18.2 Å². The van der Waals surface area contributed by atoms with Gasteiger partial charge in [0.25, 0.3) is 0 Å². The predicted molar refractivity (Wildman–Crippen MR) is 99.7 cm³/mol. The number of alkyl halides is 2. The number of anilines is 1. The van der Waals surface area contributed by atoms with Crippen molar-refractivity contribution in [1.29, 1.82) is 0 Å². The third kappa shape index (κ3) is 3.58. The number of aromatic nitrogens is 2. The molecule has 0 radical (unpaired) electrons. The van der Waals surface area contributed by atoms with Gasteiger partial charge in [0.2, 0.25) is 10.0 Å². The van der Waals surface area contributed by atoms with Crippen LogP contribution >= 0.6 is 0 Å². The molecule has 1 aliphatic rings. The van der Waals surface area contributed by atoms with E-state index in [4.69, 9.17) is 0 Å². The van der Waals surface area contributed by atoms with E-state index >= 15 is 0 Å². The molecule has 27 heavy (non-hydrogen) atoms. The average molecular weight is 398 g/mol. The van der Waals surface area contributed by atoms with Crippen LogP contribution in [0.5, 0.6) is 0 Å². The standard InChI is InChI=1S/C18H24F2N4O2S/c1-12-5-7-16(8-6-12)23-10-9-22(11-13(23)2)27(25,26)17-14(3)21-24(15(17)4)18(19)20/h5-8,13,18H,9-11H2,1-4H3/t13-/m1/s1. The quantitative estimate of drug-likeness (QED) is 0.794. The van der Waals surface area contributed by atoms with Gasteiger partial charge in [0.1, 0.15) is 4.90 Å². The maximum Gasteiger partial charge on any atom is 0.333 e. The van der Waals surface area contributed by atoms with Crippen LogP contribution in [0.1, 0.15) is 30.4 Å². The van der Waals surface area contributed by atoms with Gasteiger partial charge in [-0.3, -0.25) is 0 Å². The van der Waals surface area contributed by atoms with Crippen molar-refractivity contribution in [1.82, 2.24) is 14.1 Å². The van der Waals surface area contributed by atoms with Gasteiger partial charge in [-0.05, 0) is 39.8 Å². The molecule has 1 aromatic heterocycles. The molecule has 1 aromatic carbocycles. The summed E-state index contributed by atoms with van der Waals surface area (Å²) in [6.45, 7) is 5.03. The number of nitrogens with zero attached hydrogens (tertiary/aromatic N) is 4. The zero-order valence-corrected chi connectivity index (χ0v) is 16.7. The van der Waals surface area contributed by atoms with Gasteiger partial charge >= 0.3 is 6.55 Å². The molecular formula is C18H24F2N4O2S. The lowest BCUT2D eigenvalue weighted by Gasteiger charge is -2.40. The van der Waals surface area contributed by atoms with Crippen molar-refractivity contribution in [2.24, 2.45) is 0 Å². The Morgan fingerprint density at radius 3 is 2.26 bits per heavy atom. The minimum atomic E-state index is -3.89. The van der Waals surface area contributed by atoms with Crippen molar-refractivity contribution in [2.75, 3.05) is 24.5 Å². The summed E-state index contributed by atoms with van der Waals surface area (Å²) in [6, 6.07) is 8.06. The average Bonchev–Trinajstić information content (AvgIpc) is 2.91. The van der Waals surface area contributed by atoms with E-state index in [9.17, 15) is 17.2 Å². The number of rotatable bonds is 4. The van der Waals surface area contributed by atoms with E-state index in [0.717, 1.165) is 11.3 Å². The molecule has 1 atom stereocenters. The molecule has 2 heterocycles. The number of benzene rings is 1. The van der Waals surface area contributed by atoms with Crippen LogP contribution in [0, 0.1) is 20.8 Å². The first-order chi connectivity index (χ1) is 12.6. The summed E-state index contributed by atoms with van der Waals surface area (Å²) in [5.41, 5.74) is 2.27. The van der Waals surface area contributed by atoms with Crippen molar-refractivity contribution in [3.8, 4) is 0 Å². The number of halogens is 2. The molecular weight excluding hydrogens is 374 g/mol. The number of sulfonamides is 1. The molecule has 0 saturated carbocycles. The molecule has 1 saturated heterocycles. The molecule has 148 valence electrons. The summed E-state index contributed by atoms with van der Waals surface area (Å²) in [5.74, 6) is 0. The van der Waals surface area contributed by atoms with Gasteiger partial charge < -0.3 is 4.90 Å². The molecule has 1 fully saturated rings. The third-order valence-corrected chi connectivity index (χ3v) is 7.12. The highest BCUT2D eigenvalue weighted by Crippen LogP contribution is 2.29. The summed E-state index contributed by atoms with van der Waals surface area (Å²) in [5, 5.41) is 3.71. The van der Waals surface area contributed by atoms with Crippen LogP contribution in [0.4, 0.5) is 14.5 Å². The Hall–Kier alpha value is -2.00. The summed E-state index contributed by atoms with van der Waals surface area (Å²) in [7, 11) is -3.89. The van der Waals surface area contributed by atoms with Crippen molar-refractivity contribution in [3.05, 3.63) is 41.2 Å². The summed E-state index contributed by atoms with van der Waals surface area (Å²) in [4.78, 5) is 2.05. The van der Waals surface area contributed by atoms with E-state index in [-0.39, 0.29) is 28.9 Å². The molecule has 3 rings (SSSR count). The predicted octanol–water partition coefficient (Wildman–Crippen LogP) is 3.10. The highest BCUT2D eigenvalue weighted by atomic mass is 32.2. The molecule has 9 heteroatoms. The van der Waals surface area contributed by atoms with Crippen LogP contribution in [0.25, 0.3) is 0 Å². The molecule has 2 aromatic rings. The zero-order valence-electron chi connectivity index (χ0n) is 15.9. The SMILES string of the molecule is Cc1ccc(N2CCN(S(=O)(=O)c3c(C)nn(C(F)F)c3C)C[C@H]2C)cc1. The molecule has 0 bridgehead atoms. The van der Waals surface area contributed by atoms with Crippen LogP contribution in [-0.2, 0) is 10.0 Å². The van der Waals surface area contributed by atoms with E-state index in [1.807, 2.05) is 38.1 Å². The molecule has 0 unspecified atom stereocenters. The van der Waals surface area contributed by atoms with Gasteiger partial charge in [-0.2, -0.15) is 18.2 Å². The fraction of sp³-hybridized carbons (Fsp3) is 0.500. The van der Waals surface area contributed by atoms with E-state index in [2.05, 4.69) is 10.00 Å². The van der Waals surface area contributed by atoms with Crippen LogP contribution in [0.2, 0.25) is 0 Å². The van der Waals surface area contributed by atoms with Crippen molar-refractivity contribution < 1.29 is 17.2 Å². The summed E-state index contributed by atoms with van der Waals surface area (Å²) >= 11 is 0. The second kappa shape index (κ2) is 7.20. The highest BCUT2D eigenvalue weighted by Gasteiger charge is 2.36. The third-order valence-electron chi connectivity index (χ3n) is 5.00. The number of hydrogen-bond donors (Lipinski definition) is 0. The van der Waals surface area contributed by atoms with Gasteiger partial charge in [-0.1, -0.05) is 17.7 Å². The minimum Gasteiger partial charge on any atom is -0.366 e. The highest BCUT2D eigenvalue weighted by molar-refractivity contribution is 7.89. The molecule has 0 N–H and O–H groups in total. The monoisotopic (exact) mass is 398 g/mol. The Morgan fingerprint density at radius 1 is 1.11 bits per heavy atom. The minimum absolute atomic E-state index is 0.0314. The van der Waals surface area contributed by atoms with Crippen LogP contribution in [0.3, 0.4) is 0 Å². The lowest BCUT2D eigenvalue weighted by molar-refractivity contribution is 0.0538. The van der Waals surface area contributed by atoms with Crippen molar-refractivity contribution in [2.45, 2.75) is 45.2 Å². The normalized spacial score (nSPS) is 19.1. The second-order valence-electron chi connectivity index (χ2n) is 6.96. The lowest BCUT2D eigenvalue weighted by Crippen LogP contribution is -2.53. The molecule has 1 aliphatic heterocycles. The first-order valence-electron chi connectivity index (χ1n) is 8.80. The fourth-order valence-electron chi connectivity index (χ4n) is 3.60. The Morgan fingerprint density at radius 2 is 1.74 bits per heavy atom. The van der Waals surface area contributed by atoms with Crippen molar-refractivity contribution in [3.63, 3.8) is 0 Å². The zero-order chi connectivity index (χ0) is 19.9. The van der Waals surface area contributed by atoms with Crippen LogP contribution in [0.15, 0.2) is 29.2 Å². The summed E-state index contributed by atoms with van der Waals surface area (Å²) in [6.07, 6.45) is 0. The Bertz CT molecular complexity index is 926. The Kier molecular flexibility index (Phi) is 5.27. The van der Waals surface area contributed by atoms with Gasteiger partial charge in [-0.25, -0.2) is 13.1 Å². The molecule has 6 nitrogen and oxygen atoms in total. The van der Waals surface area contributed by atoms with Crippen LogP contribution < -0.4 is 4.90 Å². The molecule has 0 aliphatic carbocycles. The maximum atomic E-state index is 13.1. The van der Waals surface area contributed by atoms with Gasteiger partial charge in [0.05, 0.1) is 11.4 Å². The number of hydrogen-bond acceptors (Lipinski definition) is 4. The largest absolute Gasteiger partial charge is 0.366 e. The summed E-state index contributed by atoms with van der Waals surface area (Å²) < 4.78 is 54.2.